The Kier molecular flexibility index (Phi) is 50.9. The van der Waals surface area contributed by atoms with Crippen molar-refractivity contribution >= 4 is 55.0 Å². The van der Waals surface area contributed by atoms with Crippen LogP contribution in [-0.4, -0.2) is 141 Å². The van der Waals surface area contributed by atoms with Gasteiger partial charge in [-0.05, 0) is 103 Å². The van der Waals surface area contributed by atoms with Crippen LogP contribution in [0.15, 0.2) is 97.2 Å². The van der Waals surface area contributed by atoms with Crippen molar-refractivity contribution < 1.29 is 30.0 Å². The highest BCUT2D eigenvalue weighted by molar-refractivity contribution is 8.77. The summed E-state index contributed by atoms with van der Waals surface area (Å²) in [5.74, 6) is 1.97. The molecular weight excluding hydrogens is 1020 g/mol. The molecule has 0 aromatic heterocycles. The fourth-order valence-electron chi connectivity index (χ4n) is 8.22. The molecule has 1 aliphatic heterocycles. The molecule has 2 amide bonds. The van der Waals surface area contributed by atoms with Crippen LogP contribution in [0.25, 0.3) is 0 Å². The van der Waals surface area contributed by atoms with E-state index < -0.39 is 36.5 Å². The number of piperazine rings is 1. The molecule has 0 saturated carbocycles. The Labute approximate surface area is 480 Å². The van der Waals surface area contributed by atoms with Crippen LogP contribution < -0.4 is 10.6 Å². The van der Waals surface area contributed by atoms with E-state index in [4.69, 9.17) is 0 Å². The third kappa shape index (κ3) is 44.8. The molecule has 0 bridgehead atoms. The van der Waals surface area contributed by atoms with Crippen molar-refractivity contribution in [1.82, 2.24) is 20.4 Å². The third-order valence-corrected chi connectivity index (χ3v) is 17.5. The van der Waals surface area contributed by atoms with E-state index in [0.717, 1.165) is 62.9 Å². The van der Waals surface area contributed by atoms with E-state index in [1.807, 2.05) is 24.3 Å². The minimum atomic E-state index is -0.621. The van der Waals surface area contributed by atoms with Gasteiger partial charge in [0.25, 0.3) is 0 Å². The highest BCUT2D eigenvalue weighted by Crippen LogP contribution is 2.26. The Morgan fingerprint density at radius 1 is 0.395 bits per heavy atom. The van der Waals surface area contributed by atoms with E-state index in [9.17, 15) is 30.0 Å². The van der Waals surface area contributed by atoms with E-state index in [1.165, 1.54) is 77.0 Å². The monoisotopic (exact) mass is 1130 g/mol. The molecule has 1 saturated heterocycles. The quantitative estimate of drug-likeness (QED) is 0.0196. The average molecular weight is 1130 g/mol. The number of carbonyl (C=O) groups excluding carboxylic acids is 2. The van der Waals surface area contributed by atoms with E-state index in [0.29, 0.717) is 76.5 Å². The van der Waals surface area contributed by atoms with E-state index in [-0.39, 0.29) is 11.8 Å². The molecular formula is C62H108N4O6S4. The SMILES string of the molecule is CCCCC/C=C\C/C=C\CC(O)CN(CCSSCC1NC(=O)C(CSSCCN(CC(O)C/C=C\C/C=C\CCCCC)CC(O)C/C=C\C/C=C\CCCCC)NC1=O)CC(O)C/C=C\C/C=C\CCCCC. The summed E-state index contributed by atoms with van der Waals surface area (Å²) >= 11 is 0. The number of unbranched alkanes of at least 4 members (excludes halogenated alkanes) is 12. The smallest absolute Gasteiger partial charge is 0.244 e. The van der Waals surface area contributed by atoms with Gasteiger partial charge in [0.2, 0.25) is 11.8 Å². The Bertz CT molecular complexity index is 1430. The molecule has 1 heterocycles. The Hall–Kier alpha value is -1.98. The fourth-order valence-corrected chi connectivity index (χ4v) is 12.6. The van der Waals surface area contributed by atoms with Crippen LogP contribution in [0.5, 0.6) is 0 Å². The summed E-state index contributed by atoms with van der Waals surface area (Å²) in [6.07, 6.45) is 57.1. The predicted molar refractivity (Wildman–Crippen MR) is 337 cm³/mol. The zero-order valence-corrected chi connectivity index (χ0v) is 51.1. The molecule has 0 aliphatic carbocycles. The van der Waals surface area contributed by atoms with Gasteiger partial charge in [0, 0.05) is 62.3 Å². The van der Waals surface area contributed by atoms with Crippen molar-refractivity contribution in [3.8, 4) is 0 Å². The topological polar surface area (TPSA) is 146 Å². The first-order valence-corrected chi connectivity index (χ1v) is 34.6. The summed E-state index contributed by atoms with van der Waals surface area (Å²) in [6.45, 7) is 12.0. The fraction of sp³-hybridized carbons (Fsp3) is 0.710. The van der Waals surface area contributed by atoms with Crippen molar-refractivity contribution in [2.24, 2.45) is 0 Å². The van der Waals surface area contributed by atoms with Crippen LogP contribution in [0.1, 0.15) is 182 Å². The van der Waals surface area contributed by atoms with E-state index >= 15 is 0 Å². The number of carbonyl (C=O) groups is 2. The van der Waals surface area contributed by atoms with Crippen molar-refractivity contribution in [2.75, 3.05) is 62.3 Å². The van der Waals surface area contributed by atoms with Crippen molar-refractivity contribution in [3.63, 3.8) is 0 Å². The summed E-state index contributed by atoms with van der Waals surface area (Å²) in [5.41, 5.74) is 0. The number of hydrogen-bond acceptors (Lipinski definition) is 12. The van der Waals surface area contributed by atoms with Gasteiger partial charge in [0.15, 0.2) is 0 Å². The van der Waals surface area contributed by atoms with E-state index in [2.05, 4.69) is 121 Å². The first kappa shape index (κ1) is 72.0. The van der Waals surface area contributed by atoms with Gasteiger partial charge in [0.05, 0.1) is 24.4 Å². The van der Waals surface area contributed by atoms with Crippen LogP contribution in [0.2, 0.25) is 0 Å². The zero-order chi connectivity index (χ0) is 55.4. The maximum Gasteiger partial charge on any atom is 0.244 e. The number of hydrogen-bond donors (Lipinski definition) is 6. The lowest BCUT2D eigenvalue weighted by molar-refractivity contribution is -0.135. The van der Waals surface area contributed by atoms with Crippen LogP contribution >= 0.6 is 43.2 Å². The predicted octanol–water partition coefficient (Wildman–Crippen LogP) is 13.7. The molecule has 6 atom stereocenters. The van der Waals surface area contributed by atoms with Crippen molar-refractivity contribution in [1.29, 1.82) is 0 Å². The lowest BCUT2D eigenvalue weighted by Crippen LogP contribution is -2.63. The van der Waals surface area contributed by atoms with Gasteiger partial charge >= 0.3 is 0 Å². The summed E-state index contributed by atoms with van der Waals surface area (Å²) in [4.78, 5) is 30.6. The highest BCUT2D eigenvalue weighted by Gasteiger charge is 2.33. The second-order valence-electron chi connectivity index (χ2n) is 20.1. The largest absolute Gasteiger partial charge is 0.391 e. The molecule has 10 nitrogen and oxygen atoms in total. The van der Waals surface area contributed by atoms with Gasteiger partial charge in [-0.15, -0.1) is 0 Å². The highest BCUT2D eigenvalue weighted by atomic mass is 33.1. The second-order valence-corrected chi connectivity index (χ2v) is 25.4. The molecule has 0 spiro atoms. The molecule has 0 aromatic carbocycles. The number of allylic oxidation sites excluding steroid dienone is 12. The minimum Gasteiger partial charge on any atom is -0.391 e. The molecule has 6 unspecified atom stereocenters. The lowest BCUT2D eigenvalue weighted by atomic mass is 10.1. The van der Waals surface area contributed by atoms with Crippen LogP contribution in [0, 0.1) is 0 Å². The average Bonchev–Trinajstić information content (AvgIpc) is 3.39. The molecule has 1 aliphatic rings. The lowest BCUT2D eigenvalue weighted by Gasteiger charge is -2.29. The van der Waals surface area contributed by atoms with Crippen molar-refractivity contribution in [3.05, 3.63) is 97.2 Å². The van der Waals surface area contributed by atoms with Crippen LogP contribution in [0.4, 0.5) is 0 Å². The number of rotatable bonds is 52. The normalized spacial score (nSPS) is 17.5. The maximum atomic E-state index is 13.2. The van der Waals surface area contributed by atoms with E-state index in [1.54, 1.807) is 43.2 Å². The second kappa shape index (κ2) is 53.7. The summed E-state index contributed by atoms with van der Waals surface area (Å²) in [5, 5.41) is 49.8. The number of aliphatic hydroxyl groups excluding tert-OH is 4. The first-order valence-electron chi connectivity index (χ1n) is 29.6. The minimum absolute atomic E-state index is 0.181. The van der Waals surface area contributed by atoms with Gasteiger partial charge in [-0.3, -0.25) is 19.4 Å². The molecule has 1 fully saturated rings. The standard InChI is InChI=1S/C62H108N4O6S4/c1-5-9-13-17-21-25-29-33-37-41-55(67)49-65(50-56(68)42-38-34-30-26-22-18-14-10-6-2)45-47-73-75-53-59-61(71)64-60(62(72)63-59)54-76-74-48-46-66(51-57(69)43-39-35-31-27-23-19-15-11-7-3)52-58(70)44-40-36-32-28-24-20-16-12-8-4/h21-28,33-40,55-60,67-70H,5-20,29-32,41-54H2,1-4H3,(H,63,72)(H,64,71)/b25-21-,26-22-,27-23-,28-24-,37-33-,38-34-,39-35-,40-36-. The van der Waals surface area contributed by atoms with Gasteiger partial charge in [-0.2, -0.15) is 0 Å². The molecule has 76 heavy (non-hydrogen) atoms. The summed E-state index contributed by atoms with van der Waals surface area (Å²) < 4.78 is 0. The van der Waals surface area contributed by atoms with Gasteiger partial charge in [-0.1, -0.05) is 219 Å². The Balaban J connectivity index is 2.65. The summed E-state index contributed by atoms with van der Waals surface area (Å²) in [7, 11) is 6.36. The van der Waals surface area contributed by atoms with Crippen LogP contribution in [-0.2, 0) is 9.59 Å². The maximum absolute atomic E-state index is 13.2. The first-order chi connectivity index (χ1) is 37.1. The molecule has 14 heteroatoms. The number of nitrogens with zero attached hydrogens (tertiary/aromatic N) is 2. The number of nitrogens with one attached hydrogen (secondary N) is 2. The van der Waals surface area contributed by atoms with Gasteiger partial charge in [0.1, 0.15) is 12.1 Å². The van der Waals surface area contributed by atoms with Gasteiger partial charge in [-0.25, -0.2) is 0 Å². The van der Waals surface area contributed by atoms with Gasteiger partial charge < -0.3 is 31.1 Å². The number of aliphatic hydroxyl groups is 4. The third-order valence-electron chi connectivity index (χ3n) is 12.7. The molecule has 0 aromatic rings. The van der Waals surface area contributed by atoms with Crippen molar-refractivity contribution in [2.45, 2.75) is 218 Å². The Morgan fingerprint density at radius 3 is 0.921 bits per heavy atom. The molecule has 6 N–H and O–H groups in total. The molecule has 0 radical (unpaired) electrons. The van der Waals surface area contributed by atoms with Crippen LogP contribution in [0.3, 0.4) is 0 Å². The molecule has 1 rings (SSSR count). The Morgan fingerprint density at radius 2 is 0.658 bits per heavy atom. The number of amides is 2. The summed E-state index contributed by atoms with van der Waals surface area (Å²) in [6, 6.07) is -1.24. The molecule has 436 valence electrons. The zero-order valence-electron chi connectivity index (χ0n) is 47.9.